The molecule has 0 saturated carbocycles. The Kier molecular flexibility index (Phi) is 5.82. The van der Waals surface area contributed by atoms with Crippen molar-refractivity contribution in [2.24, 2.45) is 0 Å². The topological polar surface area (TPSA) is 90.7 Å². The molecule has 3 rings (SSSR count). The zero-order valence-electron chi connectivity index (χ0n) is 15.9. The number of nitrogens with one attached hydrogen (secondary N) is 1. The van der Waals surface area contributed by atoms with Crippen molar-refractivity contribution in [1.29, 1.82) is 0 Å². The molecule has 1 aromatic carbocycles. The maximum Gasteiger partial charge on any atom is 0.355 e. The van der Waals surface area contributed by atoms with Gasteiger partial charge in [0.15, 0.2) is 0 Å². The molecule has 144 valence electrons. The number of nitrogens with zero attached hydrogens (tertiary/aromatic N) is 6. The Morgan fingerprint density at radius 1 is 1.26 bits per heavy atom. The van der Waals surface area contributed by atoms with Crippen LogP contribution < -0.4 is 10.3 Å². The fourth-order valence-corrected chi connectivity index (χ4v) is 3.14. The largest absolute Gasteiger partial charge is 0.355 e. The molecule has 27 heavy (non-hydrogen) atoms. The zero-order valence-corrected chi connectivity index (χ0v) is 15.9. The highest BCUT2D eigenvalue weighted by molar-refractivity contribution is 5.75. The number of benzene rings is 1. The molecule has 9 nitrogen and oxygen atoms in total. The van der Waals surface area contributed by atoms with Crippen molar-refractivity contribution in [3.63, 3.8) is 0 Å². The Hall–Kier alpha value is -2.78. The summed E-state index contributed by atoms with van der Waals surface area (Å²) < 4.78 is 0. The lowest BCUT2D eigenvalue weighted by atomic mass is 10.2. The second-order valence-corrected chi connectivity index (χ2v) is 6.64. The number of hydrogen-bond donors (Lipinski definition) is 1. The van der Waals surface area contributed by atoms with Gasteiger partial charge in [-0.25, -0.2) is 15.0 Å². The minimum Gasteiger partial charge on any atom is -0.321 e. The summed E-state index contributed by atoms with van der Waals surface area (Å²) in [4.78, 5) is 23.9. The first kappa shape index (κ1) is 19.0. The fourth-order valence-electron chi connectivity index (χ4n) is 3.14. The molecule has 1 aliphatic heterocycles. The van der Waals surface area contributed by atoms with Crippen LogP contribution in [0.4, 0.5) is 23.0 Å². The molecule has 0 atom stereocenters. The van der Waals surface area contributed by atoms with Gasteiger partial charge < -0.3 is 9.80 Å². The number of aromatic nitrogens is 2. The smallest absolute Gasteiger partial charge is 0.321 e. The molecular formula is C18H25N7O2. The van der Waals surface area contributed by atoms with Crippen molar-refractivity contribution >= 4 is 23.0 Å². The van der Waals surface area contributed by atoms with Crippen molar-refractivity contribution in [2.75, 3.05) is 50.1 Å². The van der Waals surface area contributed by atoms with Gasteiger partial charge in [0, 0.05) is 38.4 Å². The van der Waals surface area contributed by atoms with Crippen LogP contribution in [-0.2, 0) is 0 Å². The molecule has 0 aliphatic carbocycles. The minimum atomic E-state index is -0.411. The molecule has 0 amide bonds. The first-order chi connectivity index (χ1) is 13.0. The van der Waals surface area contributed by atoms with E-state index < -0.39 is 4.92 Å². The van der Waals surface area contributed by atoms with Crippen molar-refractivity contribution in [3.05, 3.63) is 46.3 Å². The van der Waals surface area contributed by atoms with Crippen LogP contribution in [0.3, 0.4) is 0 Å². The third-order valence-electron chi connectivity index (χ3n) is 4.64. The van der Waals surface area contributed by atoms with Gasteiger partial charge >= 0.3 is 5.69 Å². The molecule has 1 N–H and O–H groups in total. The third-order valence-corrected chi connectivity index (χ3v) is 4.64. The third kappa shape index (κ3) is 4.32. The summed E-state index contributed by atoms with van der Waals surface area (Å²) in [5, 5.41) is 13.8. The second kappa shape index (κ2) is 8.28. The normalized spacial score (nSPS) is 15.5. The number of hydrazine groups is 1. The highest BCUT2D eigenvalue weighted by Gasteiger charge is 2.29. The standard InChI is InChI=1S/C18H25N7O2/c1-4-24(15-7-5-6-14(2)12-15)18-16(25(26)27)17(19-13-20-18)21-23-10-8-22(3)9-11-23/h5-7,12-13H,4,8-11H2,1-3H3,(H,19,20,21). The first-order valence-electron chi connectivity index (χ1n) is 9.03. The van der Waals surface area contributed by atoms with Crippen LogP contribution in [0.5, 0.6) is 0 Å². The van der Waals surface area contributed by atoms with Crippen LogP contribution in [0.25, 0.3) is 0 Å². The highest BCUT2D eigenvalue weighted by Crippen LogP contribution is 2.36. The summed E-state index contributed by atoms with van der Waals surface area (Å²) in [5.41, 5.74) is 4.96. The van der Waals surface area contributed by atoms with E-state index in [0.717, 1.165) is 37.4 Å². The Morgan fingerprint density at radius 2 is 2.00 bits per heavy atom. The van der Waals surface area contributed by atoms with Crippen LogP contribution in [0.15, 0.2) is 30.6 Å². The van der Waals surface area contributed by atoms with Gasteiger partial charge in [-0.2, -0.15) is 0 Å². The van der Waals surface area contributed by atoms with E-state index in [4.69, 9.17) is 0 Å². The number of aryl methyl sites for hydroxylation is 1. The van der Waals surface area contributed by atoms with E-state index >= 15 is 0 Å². The Balaban J connectivity index is 1.96. The van der Waals surface area contributed by atoms with E-state index in [1.54, 1.807) is 0 Å². The van der Waals surface area contributed by atoms with Gasteiger partial charge in [-0.05, 0) is 38.6 Å². The van der Waals surface area contributed by atoms with Crippen LogP contribution in [0, 0.1) is 17.0 Å². The molecule has 1 saturated heterocycles. The summed E-state index contributed by atoms with van der Waals surface area (Å²) in [6.07, 6.45) is 1.37. The molecule has 1 aromatic heterocycles. The van der Waals surface area contributed by atoms with E-state index in [2.05, 4.69) is 27.3 Å². The zero-order chi connectivity index (χ0) is 19.4. The van der Waals surface area contributed by atoms with Gasteiger partial charge in [0.05, 0.1) is 4.92 Å². The van der Waals surface area contributed by atoms with Crippen LogP contribution in [-0.4, -0.2) is 64.6 Å². The molecule has 1 aliphatic rings. The number of rotatable bonds is 6. The maximum atomic E-state index is 11.9. The average molecular weight is 371 g/mol. The molecule has 0 spiro atoms. The van der Waals surface area contributed by atoms with Crippen LogP contribution in [0.2, 0.25) is 0 Å². The predicted molar refractivity (Wildman–Crippen MR) is 105 cm³/mol. The average Bonchev–Trinajstić information content (AvgIpc) is 2.64. The molecule has 9 heteroatoms. The first-order valence-corrected chi connectivity index (χ1v) is 9.03. The van der Waals surface area contributed by atoms with E-state index in [1.807, 2.05) is 48.0 Å². The minimum absolute atomic E-state index is 0.111. The Morgan fingerprint density at radius 3 is 2.63 bits per heavy atom. The Bertz CT molecular complexity index is 806. The maximum absolute atomic E-state index is 11.9. The van der Waals surface area contributed by atoms with Gasteiger partial charge in [-0.3, -0.25) is 15.5 Å². The van der Waals surface area contributed by atoms with Crippen LogP contribution >= 0.6 is 0 Å². The lowest BCUT2D eigenvalue weighted by molar-refractivity contribution is -0.383. The SMILES string of the molecule is CCN(c1cccc(C)c1)c1ncnc(NN2CCN(C)CC2)c1[N+](=O)[O-]. The lowest BCUT2D eigenvalue weighted by Gasteiger charge is -2.32. The molecule has 0 bridgehead atoms. The highest BCUT2D eigenvalue weighted by atomic mass is 16.6. The molecule has 2 heterocycles. The second-order valence-electron chi connectivity index (χ2n) is 6.64. The van der Waals surface area contributed by atoms with Crippen LogP contribution in [0.1, 0.15) is 12.5 Å². The van der Waals surface area contributed by atoms with Gasteiger partial charge in [-0.1, -0.05) is 12.1 Å². The molecule has 0 unspecified atom stereocenters. The summed E-state index contributed by atoms with van der Waals surface area (Å²) in [6, 6.07) is 7.84. The van der Waals surface area contributed by atoms with E-state index in [-0.39, 0.29) is 11.5 Å². The van der Waals surface area contributed by atoms with Gasteiger partial charge in [0.1, 0.15) is 6.33 Å². The van der Waals surface area contributed by atoms with Crippen molar-refractivity contribution in [3.8, 4) is 0 Å². The van der Waals surface area contributed by atoms with E-state index in [0.29, 0.717) is 12.4 Å². The summed E-state index contributed by atoms with van der Waals surface area (Å²) in [5.74, 6) is 0.514. The summed E-state index contributed by atoms with van der Waals surface area (Å²) in [7, 11) is 2.06. The van der Waals surface area contributed by atoms with Gasteiger partial charge in [0.25, 0.3) is 0 Å². The van der Waals surface area contributed by atoms with E-state index in [9.17, 15) is 10.1 Å². The summed E-state index contributed by atoms with van der Waals surface area (Å²) in [6.45, 7) is 7.81. The number of piperazine rings is 1. The lowest BCUT2D eigenvalue weighted by Crippen LogP contribution is -2.47. The predicted octanol–water partition coefficient (Wildman–Crippen LogP) is 2.43. The van der Waals surface area contributed by atoms with E-state index in [1.165, 1.54) is 6.33 Å². The van der Waals surface area contributed by atoms with Gasteiger partial charge in [0.2, 0.25) is 11.6 Å². The monoisotopic (exact) mass is 371 g/mol. The molecular weight excluding hydrogens is 346 g/mol. The quantitative estimate of drug-likeness (QED) is 0.612. The fraction of sp³-hybridized carbons (Fsp3) is 0.444. The number of nitro groups is 1. The molecule has 0 radical (unpaired) electrons. The number of hydrogen-bond acceptors (Lipinski definition) is 8. The number of anilines is 3. The van der Waals surface area contributed by atoms with Crippen molar-refractivity contribution in [2.45, 2.75) is 13.8 Å². The Labute approximate surface area is 158 Å². The summed E-state index contributed by atoms with van der Waals surface area (Å²) >= 11 is 0. The van der Waals surface area contributed by atoms with Gasteiger partial charge in [-0.15, -0.1) is 0 Å². The molecule has 2 aromatic rings. The molecule has 1 fully saturated rings. The van der Waals surface area contributed by atoms with Crippen molar-refractivity contribution < 1.29 is 4.92 Å². The van der Waals surface area contributed by atoms with Crippen molar-refractivity contribution in [1.82, 2.24) is 19.9 Å². The number of likely N-dealkylation sites (N-methyl/N-ethyl adjacent to an activating group) is 1.